The summed E-state index contributed by atoms with van der Waals surface area (Å²) in [6.07, 6.45) is -1.34. The predicted molar refractivity (Wildman–Crippen MR) is 89.2 cm³/mol. The predicted octanol–water partition coefficient (Wildman–Crippen LogP) is 2.28. The fourth-order valence-corrected chi connectivity index (χ4v) is 2.19. The van der Waals surface area contributed by atoms with Crippen LogP contribution in [0.4, 0.5) is 0 Å². The fraction of sp³-hybridized carbons (Fsp3) is 0.211. The number of carboxylic acids is 1. The minimum absolute atomic E-state index is 0.458. The highest BCUT2D eigenvalue weighted by atomic mass is 16.5. The van der Waals surface area contributed by atoms with Crippen LogP contribution in [0, 0.1) is 11.8 Å². The summed E-state index contributed by atoms with van der Waals surface area (Å²) in [6, 6.07) is 13.5. The van der Waals surface area contributed by atoms with Crippen molar-refractivity contribution >= 4 is 5.97 Å². The Morgan fingerprint density at radius 1 is 0.958 bits per heavy atom. The molecule has 0 unspecified atom stereocenters. The average Bonchev–Trinajstić information content (AvgIpc) is 2.61. The molecule has 2 rings (SSSR count). The maximum absolute atomic E-state index is 11.5. The zero-order valence-electron chi connectivity index (χ0n) is 13.4. The first kappa shape index (κ1) is 17.4. The largest absolute Gasteiger partial charge is 0.497 e. The van der Waals surface area contributed by atoms with E-state index in [4.69, 9.17) is 9.47 Å². The number of methoxy groups -OCH3 is 2. The highest BCUT2D eigenvalue weighted by Gasteiger charge is 2.27. The number of rotatable bonds is 5. The lowest BCUT2D eigenvalue weighted by Gasteiger charge is -2.15. The van der Waals surface area contributed by atoms with E-state index in [2.05, 4.69) is 11.8 Å². The number of hydrogen-bond donors (Lipinski definition) is 2. The van der Waals surface area contributed by atoms with Crippen molar-refractivity contribution in [3.05, 3.63) is 59.7 Å². The number of benzene rings is 2. The molecule has 2 aromatic carbocycles. The molecule has 5 heteroatoms. The van der Waals surface area contributed by atoms with Gasteiger partial charge in [-0.3, -0.25) is 4.79 Å². The number of ether oxygens (including phenoxy) is 2. The van der Waals surface area contributed by atoms with E-state index in [1.165, 1.54) is 7.11 Å². The molecule has 2 atom stereocenters. The molecule has 2 N–H and O–H groups in total. The SMILES string of the molecule is COc1ccc(C#C[C@@H](O)[C@H](C(=O)O)c2ccc(OC)cc2)cc1. The first-order valence-electron chi connectivity index (χ1n) is 7.25. The van der Waals surface area contributed by atoms with Gasteiger partial charge >= 0.3 is 5.97 Å². The van der Waals surface area contributed by atoms with Gasteiger partial charge in [-0.25, -0.2) is 0 Å². The third-order valence-electron chi connectivity index (χ3n) is 3.51. The van der Waals surface area contributed by atoms with E-state index in [1.807, 2.05) is 0 Å². The second-order valence-electron chi connectivity index (χ2n) is 5.03. The standard InChI is InChI=1S/C19H18O5/c1-23-15-8-3-13(4-9-15)5-12-17(20)18(19(21)22)14-6-10-16(24-2)11-7-14/h3-4,6-11,17-18,20H,1-2H3,(H,21,22)/t17-,18-/m1/s1. The van der Waals surface area contributed by atoms with Crippen LogP contribution < -0.4 is 9.47 Å². The molecule has 0 aliphatic heterocycles. The molecule has 0 aliphatic carbocycles. The molecule has 0 heterocycles. The number of hydrogen-bond acceptors (Lipinski definition) is 4. The van der Waals surface area contributed by atoms with Gasteiger partial charge in [0, 0.05) is 5.56 Å². The molecule has 0 spiro atoms. The molecule has 0 radical (unpaired) electrons. The molecular formula is C19H18O5. The van der Waals surface area contributed by atoms with Crippen LogP contribution in [0.25, 0.3) is 0 Å². The fourth-order valence-electron chi connectivity index (χ4n) is 2.19. The molecule has 0 aliphatic rings. The van der Waals surface area contributed by atoms with Crippen LogP contribution in [0.15, 0.2) is 48.5 Å². The van der Waals surface area contributed by atoms with E-state index < -0.39 is 18.0 Å². The molecule has 0 saturated heterocycles. The zero-order chi connectivity index (χ0) is 17.5. The van der Waals surface area contributed by atoms with Crippen molar-refractivity contribution in [2.45, 2.75) is 12.0 Å². The summed E-state index contributed by atoms with van der Waals surface area (Å²) in [4.78, 5) is 11.5. The van der Waals surface area contributed by atoms with Crippen molar-refractivity contribution in [1.82, 2.24) is 0 Å². The lowest BCUT2D eigenvalue weighted by atomic mass is 9.93. The van der Waals surface area contributed by atoms with Crippen molar-refractivity contribution in [3.63, 3.8) is 0 Å². The monoisotopic (exact) mass is 326 g/mol. The van der Waals surface area contributed by atoms with Gasteiger partial charge in [-0.05, 0) is 42.0 Å². The number of carbonyl (C=O) groups is 1. The first-order valence-corrected chi connectivity index (χ1v) is 7.25. The maximum Gasteiger partial charge on any atom is 0.314 e. The Kier molecular flexibility index (Phi) is 5.83. The van der Waals surface area contributed by atoms with Crippen molar-refractivity contribution in [2.75, 3.05) is 14.2 Å². The van der Waals surface area contributed by atoms with E-state index >= 15 is 0 Å². The van der Waals surface area contributed by atoms with Crippen LogP contribution in [-0.2, 0) is 4.79 Å². The highest BCUT2D eigenvalue weighted by Crippen LogP contribution is 2.23. The van der Waals surface area contributed by atoms with Gasteiger partial charge < -0.3 is 19.7 Å². The topological polar surface area (TPSA) is 76.0 Å². The van der Waals surface area contributed by atoms with Gasteiger partial charge in [-0.2, -0.15) is 0 Å². The highest BCUT2D eigenvalue weighted by molar-refractivity contribution is 5.77. The Hall–Kier alpha value is -2.97. The summed E-state index contributed by atoms with van der Waals surface area (Å²) in [5, 5.41) is 19.6. The third kappa shape index (κ3) is 4.28. The molecule has 124 valence electrons. The van der Waals surface area contributed by atoms with Crippen molar-refractivity contribution in [1.29, 1.82) is 0 Å². The van der Waals surface area contributed by atoms with Crippen LogP contribution in [-0.4, -0.2) is 36.5 Å². The first-order chi connectivity index (χ1) is 11.5. The van der Waals surface area contributed by atoms with Gasteiger partial charge in [0.15, 0.2) is 0 Å². The Balaban J connectivity index is 2.21. The Morgan fingerprint density at radius 3 is 1.92 bits per heavy atom. The van der Waals surface area contributed by atoms with Crippen LogP contribution in [0.5, 0.6) is 11.5 Å². The van der Waals surface area contributed by atoms with Crippen molar-refractivity contribution < 1.29 is 24.5 Å². The smallest absolute Gasteiger partial charge is 0.314 e. The molecule has 0 saturated carbocycles. The van der Waals surface area contributed by atoms with Crippen LogP contribution >= 0.6 is 0 Å². The van der Waals surface area contributed by atoms with Crippen molar-refractivity contribution in [3.8, 4) is 23.3 Å². The van der Waals surface area contributed by atoms with Gasteiger partial charge in [0.2, 0.25) is 0 Å². The maximum atomic E-state index is 11.5. The molecule has 2 aromatic rings. The van der Waals surface area contributed by atoms with Gasteiger partial charge in [-0.15, -0.1) is 0 Å². The molecule has 24 heavy (non-hydrogen) atoms. The lowest BCUT2D eigenvalue weighted by molar-refractivity contribution is -0.140. The second kappa shape index (κ2) is 8.04. The zero-order valence-corrected chi connectivity index (χ0v) is 13.4. The van der Waals surface area contributed by atoms with E-state index in [0.717, 1.165) is 0 Å². The minimum atomic E-state index is -1.34. The summed E-state index contributed by atoms with van der Waals surface area (Å²) >= 11 is 0. The van der Waals surface area contributed by atoms with Crippen LogP contribution in [0.3, 0.4) is 0 Å². The number of carboxylic acid groups (broad SMARTS) is 1. The van der Waals surface area contributed by atoms with Crippen LogP contribution in [0.2, 0.25) is 0 Å². The summed E-state index contributed by atoms with van der Waals surface area (Å²) < 4.78 is 10.1. The van der Waals surface area contributed by atoms with E-state index in [1.54, 1.807) is 55.6 Å². The number of aliphatic hydroxyl groups excluding tert-OH is 1. The molecule has 5 nitrogen and oxygen atoms in total. The summed E-state index contributed by atoms with van der Waals surface area (Å²) in [7, 11) is 3.09. The Labute approximate surface area is 140 Å². The molecule has 0 bridgehead atoms. The van der Waals surface area contributed by atoms with E-state index in [0.29, 0.717) is 22.6 Å². The van der Waals surface area contributed by atoms with Crippen LogP contribution in [0.1, 0.15) is 17.0 Å². The van der Waals surface area contributed by atoms with Gasteiger partial charge in [0.05, 0.1) is 14.2 Å². The lowest BCUT2D eigenvalue weighted by Crippen LogP contribution is -2.24. The normalized spacial score (nSPS) is 12.5. The quantitative estimate of drug-likeness (QED) is 0.825. The van der Waals surface area contributed by atoms with Gasteiger partial charge in [0.25, 0.3) is 0 Å². The summed E-state index contributed by atoms with van der Waals surface area (Å²) in [5.41, 5.74) is 1.12. The molecule has 0 fully saturated rings. The Bertz CT molecular complexity index is 738. The van der Waals surface area contributed by atoms with E-state index in [9.17, 15) is 15.0 Å². The van der Waals surface area contributed by atoms with Gasteiger partial charge in [0.1, 0.15) is 23.5 Å². The van der Waals surface area contributed by atoms with E-state index in [-0.39, 0.29) is 0 Å². The minimum Gasteiger partial charge on any atom is -0.497 e. The molecule has 0 amide bonds. The average molecular weight is 326 g/mol. The van der Waals surface area contributed by atoms with Crippen molar-refractivity contribution in [2.24, 2.45) is 0 Å². The Morgan fingerprint density at radius 2 is 1.46 bits per heavy atom. The number of aliphatic hydroxyl groups is 1. The summed E-state index contributed by atoms with van der Waals surface area (Å²) in [5.74, 6) is 4.41. The molecule has 0 aromatic heterocycles. The van der Waals surface area contributed by atoms with Gasteiger partial charge in [-0.1, -0.05) is 24.0 Å². The second-order valence-corrected chi connectivity index (χ2v) is 5.03. The number of aliphatic carboxylic acids is 1. The summed E-state index contributed by atoms with van der Waals surface area (Å²) in [6.45, 7) is 0. The molecular weight excluding hydrogens is 308 g/mol. The third-order valence-corrected chi connectivity index (χ3v) is 3.51.